The van der Waals surface area contributed by atoms with E-state index in [1.807, 2.05) is 30.3 Å². The first-order valence-electron chi connectivity index (χ1n) is 8.38. The lowest BCUT2D eigenvalue weighted by Gasteiger charge is -1.99. The van der Waals surface area contributed by atoms with Crippen LogP contribution in [0.2, 0.25) is 5.02 Å². The third kappa shape index (κ3) is 4.23. The number of hydrogen-bond acceptors (Lipinski definition) is 6. The van der Waals surface area contributed by atoms with E-state index in [2.05, 4.69) is 10.3 Å². The van der Waals surface area contributed by atoms with E-state index in [4.69, 9.17) is 16.0 Å². The Morgan fingerprint density at radius 1 is 1.14 bits per heavy atom. The monoisotopic (exact) mass is 425 g/mol. The van der Waals surface area contributed by atoms with Gasteiger partial charge in [0.25, 0.3) is 11.6 Å². The molecular formula is C20H12ClN3O4S. The minimum atomic E-state index is -0.547. The van der Waals surface area contributed by atoms with Crippen LogP contribution in [-0.2, 0) is 4.79 Å². The van der Waals surface area contributed by atoms with Gasteiger partial charge in [-0.25, -0.2) is 4.99 Å². The van der Waals surface area contributed by atoms with Crippen LogP contribution < -0.4 is 5.32 Å². The Bertz CT molecular complexity index is 1170. The van der Waals surface area contributed by atoms with Gasteiger partial charge < -0.3 is 9.73 Å². The second-order valence-corrected chi connectivity index (χ2v) is 7.38. The van der Waals surface area contributed by atoms with Crippen molar-refractivity contribution < 1.29 is 14.1 Å². The Balaban J connectivity index is 1.55. The van der Waals surface area contributed by atoms with E-state index in [0.717, 1.165) is 5.69 Å². The minimum Gasteiger partial charge on any atom is -0.457 e. The number of nitrogens with zero attached hydrogens (tertiary/aromatic N) is 2. The standard InChI is InChI=1S/C20H12ClN3O4S/c21-15-10-12(6-8-16(15)24(26)27)17-9-7-14(28-17)11-18-19(25)23-20(29-18)22-13-4-2-1-3-5-13/h1-11H,(H,22,23,25)/b18-11+. The van der Waals surface area contributed by atoms with Crippen LogP contribution in [0, 0.1) is 10.1 Å². The molecule has 1 N–H and O–H groups in total. The van der Waals surface area contributed by atoms with Gasteiger partial charge in [0, 0.05) is 17.7 Å². The number of nitrogens with one attached hydrogen (secondary N) is 1. The number of furan rings is 1. The average Bonchev–Trinajstić information content (AvgIpc) is 3.29. The molecule has 3 aromatic rings. The van der Waals surface area contributed by atoms with E-state index in [0.29, 0.717) is 27.2 Å². The van der Waals surface area contributed by atoms with Crippen LogP contribution in [0.3, 0.4) is 0 Å². The van der Waals surface area contributed by atoms with Gasteiger partial charge in [-0.1, -0.05) is 29.8 Å². The van der Waals surface area contributed by atoms with Crippen LogP contribution in [0.1, 0.15) is 5.76 Å². The Hall–Kier alpha value is -3.36. The molecule has 0 unspecified atom stereocenters. The van der Waals surface area contributed by atoms with Crippen molar-refractivity contribution in [3.8, 4) is 11.3 Å². The number of rotatable bonds is 4. The number of aliphatic imine (C=N–C) groups is 1. The maximum absolute atomic E-state index is 12.2. The Morgan fingerprint density at radius 3 is 2.66 bits per heavy atom. The molecule has 2 aromatic carbocycles. The molecule has 144 valence electrons. The number of carbonyl (C=O) groups excluding carboxylic acids is 1. The van der Waals surface area contributed by atoms with Crippen molar-refractivity contribution in [1.29, 1.82) is 0 Å². The number of nitro groups is 1. The number of amidine groups is 1. The molecule has 0 bridgehead atoms. The van der Waals surface area contributed by atoms with Gasteiger partial charge in [-0.2, -0.15) is 0 Å². The van der Waals surface area contributed by atoms with Crippen LogP contribution in [0.15, 0.2) is 75.0 Å². The van der Waals surface area contributed by atoms with Gasteiger partial charge in [0.2, 0.25) is 0 Å². The summed E-state index contributed by atoms with van der Waals surface area (Å²) in [5.41, 5.74) is 1.17. The second-order valence-electron chi connectivity index (χ2n) is 5.94. The number of amides is 1. The van der Waals surface area contributed by atoms with Gasteiger partial charge in [0.15, 0.2) is 5.17 Å². The lowest BCUT2D eigenvalue weighted by molar-refractivity contribution is -0.384. The van der Waals surface area contributed by atoms with Crippen molar-refractivity contribution in [1.82, 2.24) is 5.32 Å². The fourth-order valence-corrected chi connectivity index (χ4v) is 3.69. The maximum Gasteiger partial charge on any atom is 0.287 e. The number of nitro benzene ring substituents is 1. The van der Waals surface area contributed by atoms with Crippen LogP contribution in [-0.4, -0.2) is 16.0 Å². The molecule has 7 nitrogen and oxygen atoms in total. The number of benzene rings is 2. The molecule has 0 aliphatic carbocycles. The van der Waals surface area contributed by atoms with Crippen molar-refractivity contribution in [2.45, 2.75) is 0 Å². The molecule has 0 atom stereocenters. The highest BCUT2D eigenvalue weighted by Crippen LogP contribution is 2.33. The highest BCUT2D eigenvalue weighted by atomic mass is 35.5. The largest absolute Gasteiger partial charge is 0.457 e. The zero-order chi connectivity index (χ0) is 20.4. The van der Waals surface area contributed by atoms with Gasteiger partial charge in [0.05, 0.1) is 15.5 Å². The highest BCUT2D eigenvalue weighted by molar-refractivity contribution is 8.18. The summed E-state index contributed by atoms with van der Waals surface area (Å²) in [4.78, 5) is 27.4. The van der Waals surface area contributed by atoms with Gasteiger partial charge in [0.1, 0.15) is 16.5 Å². The molecule has 0 saturated carbocycles. The third-order valence-electron chi connectivity index (χ3n) is 3.97. The van der Waals surface area contributed by atoms with E-state index in [-0.39, 0.29) is 16.6 Å². The summed E-state index contributed by atoms with van der Waals surface area (Å²) < 4.78 is 5.75. The molecule has 1 aromatic heterocycles. The van der Waals surface area contributed by atoms with Crippen molar-refractivity contribution >= 4 is 51.9 Å². The molecule has 1 aliphatic rings. The molecule has 1 amide bonds. The number of thioether (sulfide) groups is 1. The molecule has 1 fully saturated rings. The molecular weight excluding hydrogens is 414 g/mol. The van der Waals surface area contributed by atoms with Gasteiger partial charge >= 0.3 is 0 Å². The molecule has 29 heavy (non-hydrogen) atoms. The topological polar surface area (TPSA) is 97.7 Å². The number of halogens is 1. The molecule has 0 radical (unpaired) electrons. The SMILES string of the molecule is O=C1NC(=Nc2ccccc2)S/C1=C/c1ccc(-c2ccc([N+](=O)[O-])c(Cl)c2)o1. The van der Waals surface area contributed by atoms with E-state index >= 15 is 0 Å². The lowest BCUT2D eigenvalue weighted by Crippen LogP contribution is -2.19. The Labute approximate surface area is 174 Å². The molecule has 2 heterocycles. The maximum atomic E-state index is 12.2. The zero-order valence-electron chi connectivity index (χ0n) is 14.7. The smallest absolute Gasteiger partial charge is 0.287 e. The van der Waals surface area contributed by atoms with E-state index in [9.17, 15) is 14.9 Å². The van der Waals surface area contributed by atoms with Crippen LogP contribution in [0.4, 0.5) is 11.4 Å². The molecule has 1 saturated heterocycles. The summed E-state index contributed by atoms with van der Waals surface area (Å²) in [6, 6.07) is 17.1. The van der Waals surface area contributed by atoms with E-state index in [1.54, 1.807) is 24.3 Å². The first-order chi connectivity index (χ1) is 14.0. The normalized spacial score (nSPS) is 16.4. The van der Waals surface area contributed by atoms with Gasteiger partial charge in [-0.3, -0.25) is 14.9 Å². The summed E-state index contributed by atoms with van der Waals surface area (Å²) >= 11 is 7.17. The van der Waals surface area contributed by atoms with Gasteiger partial charge in [-0.05, 0) is 48.2 Å². The number of para-hydroxylation sites is 1. The molecule has 9 heteroatoms. The first-order valence-corrected chi connectivity index (χ1v) is 9.58. The Morgan fingerprint density at radius 2 is 1.93 bits per heavy atom. The van der Waals surface area contributed by atoms with Crippen molar-refractivity contribution in [2.24, 2.45) is 4.99 Å². The molecule has 0 spiro atoms. The predicted molar refractivity (Wildman–Crippen MR) is 113 cm³/mol. The summed E-state index contributed by atoms with van der Waals surface area (Å²) in [7, 11) is 0. The fraction of sp³-hybridized carbons (Fsp3) is 0. The predicted octanol–water partition coefficient (Wildman–Crippen LogP) is 5.40. The van der Waals surface area contributed by atoms with E-state index in [1.165, 1.54) is 23.9 Å². The van der Waals surface area contributed by atoms with Crippen molar-refractivity contribution in [3.05, 3.63) is 86.5 Å². The third-order valence-corrected chi connectivity index (χ3v) is 5.18. The number of carbonyl (C=O) groups is 1. The van der Waals surface area contributed by atoms with Crippen LogP contribution in [0.5, 0.6) is 0 Å². The number of hydrogen-bond donors (Lipinski definition) is 1. The van der Waals surface area contributed by atoms with E-state index < -0.39 is 4.92 Å². The van der Waals surface area contributed by atoms with Crippen LogP contribution >= 0.6 is 23.4 Å². The summed E-state index contributed by atoms with van der Waals surface area (Å²) in [6.45, 7) is 0. The summed E-state index contributed by atoms with van der Waals surface area (Å²) in [6.07, 6.45) is 1.62. The van der Waals surface area contributed by atoms with Crippen molar-refractivity contribution in [2.75, 3.05) is 0 Å². The minimum absolute atomic E-state index is 0.0243. The summed E-state index contributed by atoms with van der Waals surface area (Å²) in [5.74, 6) is 0.685. The summed E-state index contributed by atoms with van der Waals surface area (Å²) in [5, 5.41) is 14.1. The van der Waals surface area contributed by atoms with Crippen molar-refractivity contribution in [3.63, 3.8) is 0 Å². The lowest BCUT2D eigenvalue weighted by atomic mass is 10.1. The van der Waals surface area contributed by atoms with Crippen LogP contribution in [0.25, 0.3) is 17.4 Å². The quantitative estimate of drug-likeness (QED) is 0.343. The first kappa shape index (κ1) is 19.0. The molecule has 1 aliphatic heterocycles. The molecule has 4 rings (SSSR count). The Kier molecular flexibility index (Phi) is 5.20. The fourth-order valence-electron chi connectivity index (χ4n) is 2.62. The average molecular weight is 426 g/mol. The highest BCUT2D eigenvalue weighted by Gasteiger charge is 2.24. The second kappa shape index (κ2) is 7.94. The zero-order valence-corrected chi connectivity index (χ0v) is 16.2. The van der Waals surface area contributed by atoms with Gasteiger partial charge in [-0.15, -0.1) is 0 Å².